The highest BCUT2D eigenvalue weighted by Crippen LogP contribution is 2.35. The standard InChI is InChI=1S/C17H35N/c1-5-8-15(4)11-17(13-18-12-14(2)3)16-9-6-7-10-16/h14-18H,5-13H2,1-4H3. The lowest BCUT2D eigenvalue weighted by molar-refractivity contribution is 0.258. The lowest BCUT2D eigenvalue weighted by atomic mass is 9.82. The third kappa shape index (κ3) is 6.22. The van der Waals surface area contributed by atoms with Crippen molar-refractivity contribution in [2.24, 2.45) is 23.7 Å². The van der Waals surface area contributed by atoms with E-state index in [0.29, 0.717) is 0 Å². The molecule has 0 amide bonds. The van der Waals surface area contributed by atoms with Crippen LogP contribution in [0.1, 0.15) is 72.6 Å². The van der Waals surface area contributed by atoms with Crippen LogP contribution in [0.4, 0.5) is 0 Å². The number of hydrogen-bond acceptors (Lipinski definition) is 1. The third-order valence-corrected chi connectivity index (χ3v) is 4.51. The number of rotatable bonds is 9. The van der Waals surface area contributed by atoms with E-state index in [4.69, 9.17) is 0 Å². The van der Waals surface area contributed by atoms with Crippen LogP contribution in [0, 0.1) is 23.7 Å². The molecule has 1 rings (SSSR count). The van der Waals surface area contributed by atoms with E-state index in [1.165, 1.54) is 58.0 Å². The smallest absolute Gasteiger partial charge is 0.00177 e. The molecule has 0 aromatic carbocycles. The molecule has 2 atom stereocenters. The van der Waals surface area contributed by atoms with Gasteiger partial charge in [-0.05, 0) is 43.2 Å². The summed E-state index contributed by atoms with van der Waals surface area (Å²) >= 11 is 0. The highest BCUT2D eigenvalue weighted by Gasteiger charge is 2.25. The van der Waals surface area contributed by atoms with E-state index in [9.17, 15) is 0 Å². The second-order valence-corrected chi connectivity index (χ2v) is 6.99. The Balaban J connectivity index is 2.36. The maximum atomic E-state index is 3.71. The molecule has 1 aliphatic rings. The van der Waals surface area contributed by atoms with Gasteiger partial charge in [0.2, 0.25) is 0 Å². The highest BCUT2D eigenvalue weighted by atomic mass is 14.9. The van der Waals surface area contributed by atoms with Crippen LogP contribution in [-0.2, 0) is 0 Å². The Bertz CT molecular complexity index is 194. The zero-order chi connectivity index (χ0) is 13.4. The van der Waals surface area contributed by atoms with E-state index < -0.39 is 0 Å². The SMILES string of the molecule is CCCC(C)CC(CNCC(C)C)C1CCCC1. The number of hydrogen-bond donors (Lipinski definition) is 1. The highest BCUT2D eigenvalue weighted by molar-refractivity contribution is 4.78. The summed E-state index contributed by atoms with van der Waals surface area (Å²) in [5, 5.41) is 3.71. The van der Waals surface area contributed by atoms with Gasteiger partial charge >= 0.3 is 0 Å². The minimum Gasteiger partial charge on any atom is -0.316 e. The van der Waals surface area contributed by atoms with Crippen LogP contribution in [0.2, 0.25) is 0 Å². The van der Waals surface area contributed by atoms with E-state index in [2.05, 4.69) is 33.0 Å². The van der Waals surface area contributed by atoms with Gasteiger partial charge in [0.25, 0.3) is 0 Å². The molecule has 1 N–H and O–H groups in total. The Morgan fingerprint density at radius 3 is 2.28 bits per heavy atom. The lowest BCUT2D eigenvalue weighted by Crippen LogP contribution is -2.31. The van der Waals surface area contributed by atoms with E-state index in [0.717, 1.165) is 23.7 Å². The second-order valence-electron chi connectivity index (χ2n) is 6.99. The summed E-state index contributed by atoms with van der Waals surface area (Å²) in [6, 6.07) is 0. The Morgan fingerprint density at radius 1 is 1.06 bits per heavy atom. The molecule has 0 aromatic heterocycles. The van der Waals surface area contributed by atoms with Crippen LogP contribution in [0.3, 0.4) is 0 Å². The van der Waals surface area contributed by atoms with Crippen LogP contribution < -0.4 is 5.32 Å². The number of nitrogens with one attached hydrogen (secondary N) is 1. The maximum absolute atomic E-state index is 3.71. The summed E-state index contributed by atoms with van der Waals surface area (Å²) < 4.78 is 0. The summed E-state index contributed by atoms with van der Waals surface area (Å²) in [6.07, 6.45) is 10.1. The Hall–Kier alpha value is -0.0400. The molecule has 0 saturated heterocycles. The van der Waals surface area contributed by atoms with Crippen molar-refractivity contribution in [1.82, 2.24) is 5.32 Å². The molecule has 0 spiro atoms. The second kappa shape index (κ2) is 8.96. The summed E-state index contributed by atoms with van der Waals surface area (Å²) in [7, 11) is 0. The molecular weight excluding hydrogens is 218 g/mol. The van der Waals surface area contributed by atoms with Gasteiger partial charge in [0.1, 0.15) is 0 Å². The molecule has 1 heteroatoms. The Kier molecular flexibility index (Phi) is 7.97. The third-order valence-electron chi connectivity index (χ3n) is 4.51. The van der Waals surface area contributed by atoms with Crippen molar-refractivity contribution in [1.29, 1.82) is 0 Å². The molecule has 1 aliphatic carbocycles. The zero-order valence-electron chi connectivity index (χ0n) is 13.2. The Labute approximate surface area is 115 Å². The van der Waals surface area contributed by atoms with Crippen molar-refractivity contribution in [3.8, 4) is 0 Å². The van der Waals surface area contributed by atoms with Crippen LogP contribution in [0.5, 0.6) is 0 Å². The molecule has 0 radical (unpaired) electrons. The van der Waals surface area contributed by atoms with Crippen molar-refractivity contribution in [2.75, 3.05) is 13.1 Å². The van der Waals surface area contributed by atoms with Gasteiger partial charge in [-0.15, -0.1) is 0 Å². The van der Waals surface area contributed by atoms with E-state index in [1.807, 2.05) is 0 Å². The minimum absolute atomic E-state index is 0.780. The molecule has 2 unspecified atom stereocenters. The molecule has 0 bridgehead atoms. The molecule has 108 valence electrons. The first-order chi connectivity index (χ1) is 8.63. The molecule has 1 nitrogen and oxygen atoms in total. The topological polar surface area (TPSA) is 12.0 Å². The summed E-state index contributed by atoms with van der Waals surface area (Å²) in [4.78, 5) is 0. The largest absolute Gasteiger partial charge is 0.316 e. The predicted molar refractivity (Wildman–Crippen MR) is 81.8 cm³/mol. The molecule has 0 aliphatic heterocycles. The maximum Gasteiger partial charge on any atom is -0.00177 e. The minimum atomic E-state index is 0.780. The van der Waals surface area contributed by atoms with Crippen LogP contribution in [-0.4, -0.2) is 13.1 Å². The first kappa shape index (κ1) is 16.0. The van der Waals surface area contributed by atoms with E-state index in [1.54, 1.807) is 0 Å². The van der Waals surface area contributed by atoms with E-state index >= 15 is 0 Å². The molecule has 1 saturated carbocycles. The average molecular weight is 253 g/mol. The van der Waals surface area contributed by atoms with Crippen LogP contribution >= 0.6 is 0 Å². The van der Waals surface area contributed by atoms with Crippen LogP contribution in [0.15, 0.2) is 0 Å². The first-order valence-corrected chi connectivity index (χ1v) is 8.34. The lowest BCUT2D eigenvalue weighted by Gasteiger charge is -2.27. The summed E-state index contributed by atoms with van der Waals surface area (Å²) in [5.41, 5.74) is 0. The van der Waals surface area contributed by atoms with Gasteiger partial charge in [-0.3, -0.25) is 0 Å². The summed E-state index contributed by atoms with van der Waals surface area (Å²) in [5.74, 6) is 3.65. The quantitative estimate of drug-likeness (QED) is 0.618. The molecule has 0 aromatic rings. The average Bonchev–Trinajstić information content (AvgIpc) is 2.81. The fraction of sp³-hybridized carbons (Fsp3) is 1.00. The van der Waals surface area contributed by atoms with Crippen LogP contribution in [0.25, 0.3) is 0 Å². The zero-order valence-corrected chi connectivity index (χ0v) is 13.2. The summed E-state index contributed by atoms with van der Waals surface area (Å²) in [6.45, 7) is 11.8. The van der Waals surface area contributed by atoms with Crippen molar-refractivity contribution in [3.63, 3.8) is 0 Å². The van der Waals surface area contributed by atoms with Gasteiger partial charge in [0, 0.05) is 0 Å². The van der Waals surface area contributed by atoms with Gasteiger partial charge in [-0.1, -0.05) is 66.2 Å². The molecular formula is C17H35N. The van der Waals surface area contributed by atoms with Gasteiger partial charge in [0.15, 0.2) is 0 Å². The van der Waals surface area contributed by atoms with Gasteiger partial charge in [-0.2, -0.15) is 0 Å². The normalized spacial score (nSPS) is 20.5. The molecule has 18 heavy (non-hydrogen) atoms. The van der Waals surface area contributed by atoms with Gasteiger partial charge in [-0.25, -0.2) is 0 Å². The first-order valence-electron chi connectivity index (χ1n) is 8.34. The Morgan fingerprint density at radius 2 is 1.72 bits per heavy atom. The molecule has 1 fully saturated rings. The van der Waals surface area contributed by atoms with Crippen molar-refractivity contribution in [3.05, 3.63) is 0 Å². The fourth-order valence-corrected chi connectivity index (χ4v) is 3.56. The predicted octanol–water partition coefficient (Wildman–Crippen LogP) is 4.86. The van der Waals surface area contributed by atoms with E-state index in [-0.39, 0.29) is 0 Å². The van der Waals surface area contributed by atoms with Gasteiger partial charge < -0.3 is 5.32 Å². The fourth-order valence-electron chi connectivity index (χ4n) is 3.56. The van der Waals surface area contributed by atoms with Gasteiger partial charge in [0.05, 0.1) is 0 Å². The van der Waals surface area contributed by atoms with Crippen molar-refractivity contribution < 1.29 is 0 Å². The van der Waals surface area contributed by atoms with Crippen molar-refractivity contribution in [2.45, 2.75) is 72.6 Å². The monoisotopic (exact) mass is 253 g/mol. The van der Waals surface area contributed by atoms with Crippen molar-refractivity contribution >= 4 is 0 Å². The molecule has 0 heterocycles.